The highest BCUT2D eigenvalue weighted by Crippen LogP contribution is 2.28. The first-order chi connectivity index (χ1) is 18.0. The van der Waals surface area contributed by atoms with Crippen LogP contribution in [0.5, 0.6) is 0 Å². The first kappa shape index (κ1) is 28.2. The summed E-state index contributed by atoms with van der Waals surface area (Å²) in [6.45, 7) is 4.94. The molecule has 1 heterocycles. The van der Waals surface area contributed by atoms with Gasteiger partial charge in [0.15, 0.2) is 5.78 Å². The maximum Gasteiger partial charge on any atom is 0.296 e. The second-order valence-electron chi connectivity index (χ2n) is 9.57. The van der Waals surface area contributed by atoms with Crippen LogP contribution in [0.1, 0.15) is 46.5 Å². The molecule has 7 nitrogen and oxygen atoms in total. The van der Waals surface area contributed by atoms with E-state index in [1.54, 1.807) is 30.3 Å². The summed E-state index contributed by atoms with van der Waals surface area (Å²) in [5.41, 5.74) is 0.574. The lowest BCUT2D eigenvalue weighted by Crippen LogP contribution is -2.42. The van der Waals surface area contributed by atoms with Crippen LogP contribution in [0.2, 0.25) is 5.02 Å². The Morgan fingerprint density at radius 3 is 2.18 bits per heavy atom. The number of Topliss-reactive ketones (excluding diaryl/α,β-unsaturated/α-hetero) is 1. The van der Waals surface area contributed by atoms with Gasteiger partial charge in [0.1, 0.15) is 0 Å². The van der Waals surface area contributed by atoms with Gasteiger partial charge in [-0.2, -0.15) is 4.31 Å². The van der Waals surface area contributed by atoms with Crippen LogP contribution < -0.4 is 5.32 Å². The van der Waals surface area contributed by atoms with Crippen molar-refractivity contribution in [3.63, 3.8) is 0 Å². The zero-order valence-corrected chi connectivity index (χ0v) is 23.9. The Morgan fingerprint density at radius 2 is 1.55 bits per heavy atom. The fourth-order valence-electron chi connectivity index (χ4n) is 4.64. The van der Waals surface area contributed by atoms with Crippen molar-refractivity contribution in [1.82, 2.24) is 4.31 Å². The minimum atomic E-state index is -3.72. The SMILES string of the molecule is C[C@H]1C[C@H](C)CN(S(=O)(=O)c2ccc(C(=O)C(=O)Nc3ccc(Br)cc3C(=O)c3ccccc3Cl)cc2)C1. The van der Waals surface area contributed by atoms with Crippen LogP contribution in [0.25, 0.3) is 0 Å². The van der Waals surface area contributed by atoms with Crippen molar-refractivity contribution in [2.24, 2.45) is 11.8 Å². The van der Waals surface area contributed by atoms with E-state index in [0.29, 0.717) is 17.6 Å². The topological polar surface area (TPSA) is 101 Å². The number of rotatable bonds is 7. The molecule has 0 aromatic heterocycles. The molecule has 1 aliphatic rings. The van der Waals surface area contributed by atoms with Crippen LogP contribution in [0, 0.1) is 11.8 Å². The first-order valence-corrected chi connectivity index (χ1v) is 14.6. The second kappa shape index (κ2) is 11.5. The van der Waals surface area contributed by atoms with Gasteiger partial charge in [-0.3, -0.25) is 14.4 Å². The number of halogens is 2. The van der Waals surface area contributed by atoms with Crippen molar-refractivity contribution >= 4 is 60.7 Å². The Morgan fingerprint density at radius 1 is 0.921 bits per heavy atom. The van der Waals surface area contributed by atoms with Crippen molar-refractivity contribution in [3.05, 3.63) is 92.9 Å². The second-order valence-corrected chi connectivity index (χ2v) is 12.8. The zero-order chi connectivity index (χ0) is 27.6. The van der Waals surface area contributed by atoms with Gasteiger partial charge in [0.25, 0.3) is 11.7 Å². The lowest BCUT2D eigenvalue weighted by Gasteiger charge is -2.34. The van der Waals surface area contributed by atoms with E-state index in [9.17, 15) is 22.8 Å². The van der Waals surface area contributed by atoms with Gasteiger partial charge in [0.05, 0.1) is 15.6 Å². The summed E-state index contributed by atoms with van der Waals surface area (Å²) in [6, 6.07) is 16.5. The Bertz CT molecular complexity index is 1500. The summed E-state index contributed by atoms with van der Waals surface area (Å²) in [7, 11) is -3.72. The number of nitrogens with one attached hydrogen (secondary N) is 1. The summed E-state index contributed by atoms with van der Waals surface area (Å²) in [4.78, 5) is 39.0. The van der Waals surface area contributed by atoms with Crippen LogP contribution in [0.15, 0.2) is 76.1 Å². The Hall–Kier alpha value is -2.85. The van der Waals surface area contributed by atoms with E-state index < -0.39 is 27.5 Å². The number of hydrogen-bond acceptors (Lipinski definition) is 5. The Kier molecular flexibility index (Phi) is 8.52. The number of sulfonamides is 1. The van der Waals surface area contributed by atoms with Crippen molar-refractivity contribution in [2.45, 2.75) is 25.2 Å². The van der Waals surface area contributed by atoms with E-state index in [-0.39, 0.29) is 44.1 Å². The number of ketones is 2. The van der Waals surface area contributed by atoms with Gasteiger partial charge in [-0.1, -0.05) is 53.5 Å². The monoisotopic (exact) mass is 616 g/mol. The average molecular weight is 618 g/mol. The first-order valence-electron chi connectivity index (χ1n) is 12.0. The normalized spacial score (nSPS) is 18.1. The quantitative estimate of drug-likeness (QED) is 0.266. The molecule has 198 valence electrons. The summed E-state index contributed by atoms with van der Waals surface area (Å²) in [5, 5.41) is 2.77. The fraction of sp³-hybridized carbons (Fsp3) is 0.250. The number of nitrogens with zero attached hydrogens (tertiary/aromatic N) is 1. The van der Waals surface area contributed by atoms with Gasteiger partial charge in [-0.25, -0.2) is 8.42 Å². The molecule has 1 fully saturated rings. The number of carbonyl (C=O) groups excluding carboxylic acids is 3. The summed E-state index contributed by atoms with van der Waals surface area (Å²) in [5.74, 6) is -1.74. The van der Waals surface area contributed by atoms with E-state index in [2.05, 4.69) is 21.2 Å². The molecular weight excluding hydrogens is 592 g/mol. The zero-order valence-electron chi connectivity index (χ0n) is 20.8. The molecule has 3 aromatic rings. The molecule has 4 rings (SSSR count). The fourth-order valence-corrected chi connectivity index (χ4v) is 6.91. The number of hydrogen-bond donors (Lipinski definition) is 1. The smallest absolute Gasteiger partial charge is 0.296 e. The summed E-state index contributed by atoms with van der Waals surface area (Å²) in [6.07, 6.45) is 0.971. The maximum atomic E-state index is 13.2. The predicted molar refractivity (Wildman–Crippen MR) is 150 cm³/mol. The van der Waals surface area contributed by atoms with Crippen LogP contribution in [0.3, 0.4) is 0 Å². The highest BCUT2D eigenvalue weighted by atomic mass is 79.9. The lowest BCUT2D eigenvalue weighted by atomic mass is 9.94. The van der Waals surface area contributed by atoms with Crippen LogP contribution in [-0.4, -0.2) is 43.3 Å². The van der Waals surface area contributed by atoms with Gasteiger partial charge in [0.2, 0.25) is 10.0 Å². The molecule has 0 aliphatic carbocycles. The number of carbonyl (C=O) groups is 3. The minimum absolute atomic E-state index is 0.0259. The van der Waals surface area contributed by atoms with Gasteiger partial charge >= 0.3 is 0 Å². The number of anilines is 1. The third kappa shape index (κ3) is 6.07. The third-order valence-electron chi connectivity index (χ3n) is 6.39. The Labute approximate surface area is 235 Å². The van der Waals surface area contributed by atoms with E-state index >= 15 is 0 Å². The highest BCUT2D eigenvalue weighted by molar-refractivity contribution is 9.10. The van der Waals surface area contributed by atoms with E-state index in [4.69, 9.17) is 11.6 Å². The molecule has 38 heavy (non-hydrogen) atoms. The molecular formula is C28H26BrClN2O5S. The number of amides is 1. The molecule has 0 radical (unpaired) electrons. The van der Waals surface area contributed by atoms with Crippen LogP contribution >= 0.6 is 27.5 Å². The van der Waals surface area contributed by atoms with E-state index in [1.165, 1.54) is 40.7 Å². The number of benzene rings is 3. The molecule has 2 atom stereocenters. The predicted octanol–water partition coefficient (Wildman–Crippen LogP) is 5.82. The average Bonchev–Trinajstić information content (AvgIpc) is 2.88. The highest BCUT2D eigenvalue weighted by Gasteiger charge is 2.32. The molecule has 1 N–H and O–H groups in total. The number of piperidine rings is 1. The summed E-state index contributed by atoms with van der Waals surface area (Å²) >= 11 is 9.51. The molecule has 0 bridgehead atoms. The molecule has 1 saturated heterocycles. The molecule has 10 heteroatoms. The van der Waals surface area contributed by atoms with Gasteiger partial charge in [0, 0.05) is 34.3 Å². The lowest BCUT2D eigenvalue weighted by molar-refractivity contribution is -0.112. The van der Waals surface area contributed by atoms with Gasteiger partial charge < -0.3 is 5.32 Å². The largest absolute Gasteiger partial charge is 0.318 e. The van der Waals surface area contributed by atoms with Crippen molar-refractivity contribution < 1.29 is 22.8 Å². The molecule has 3 aromatic carbocycles. The minimum Gasteiger partial charge on any atom is -0.318 e. The molecule has 1 aliphatic heterocycles. The standard InChI is InChI=1S/C28H26BrClN2O5S/c1-17-13-18(2)16-32(15-17)38(36,37)21-10-7-19(8-11-21)26(33)28(35)31-25-12-9-20(29)14-23(25)27(34)22-5-3-4-6-24(22)30/h3-12,14,17-18H,13,15-16H2,1-2H3,(H,31,35)/t17-,18-/m0/s1. The maximum absolute atomic E-state index is 13.2. The van der Waals surface area contributed by atoms with Crippen molar-refractivity contribution in [2.75, 3.05) is 18.4 Å². The van der Waals surface area contributed by atoms with Gasteiger partial charge in [-0.05, 0) is 72.9 Å². The molecule has 0 saturated carbocycles. The molecule has 1 amide bonds. The molecule has 0 unspecified atom stereocenters. The Balaban J connectivity index is 1.53. The van der Waals surface area contributed by atoms with Crippen LogP contribution in [0.4, 0.5) is 5.69 Å². The van der Waals surface area contributed by atoms with Crippen molar-refractivity contribution in [3.8, 4) is 0 Å². The van der Waals surface area contributed by atoms with Crippen molar-refractivity contribution in [1.29, 1.82) is 0 Å². The van der Waals surface area contributed by atoms with Crippen LogP contribution in [-0.2, 0) is 14.8 Å². The van der Waals surface area contributed by atoms with E-state index in [1.807, 2.05) is 13.8 Å². The van der Waals surface area contributed by atoms with Gasteiger partial charge in [-0.15, -0.1) is 0 Å². The van der Waals surface area contributed by atoms with E-state index in [0.717, 1.165) is 6.42 Å². The third-order valence-corrected chi connectivity index (χ3v) is 9.06. The molecule has 0 spiro atoms. The summed E-state index contributed by atoms with van der Waals surface area (Å²) < 4.78 is 28.3.